The van der Waals surface area contributed by atoms with Crippen LogP contribution in [0.1, 0.15) is 52.7 Å². The summed E-state index contributed by atoms with van der Waals surface area (Å²) in [7, 11) is 3.12. The smallest absolute Gasteiger partial charge is 0.193 e. The highest BCUT2D eigenvalue weighted by atomic mass is 19.1. The van der Waals surface area contributed by atoms with Gasteiger partial charge in [-0.1, -0.05) is 12.8 Å². The van der Waals surface area contributed by atoms with E-state index >= 15 is 0 Å². The minimum Gasteiger partial charge on any atom is -0.493 e. The number of rotatable bonds is 4. The number of ketones is 1. The molecule has 1 saturated carbocycles. The maximum Gasteiger partial charge on any atom is 0.193 e. The highest BCUT2D eigenvalue weighted by molar-refractivity contribution is 6.12. The molecular weight excluding hydrogens is 345 g/mol. The molecule has 5 heteroatoms. The van der Waals surface area contributed by atoms with E-state index in [1.54, 1.807) is 20.3 Å². The second-order valence-corrected chi connectivity index (χ2v) is 7.31. The lowest BCUT2D eigenvalue weighted by Gasteiger charge is -2.16. The Hall–Kier alpha value is -2.56. The van der Waals surface area contributed by atoms with Crippen LogP contribution in [0, 0.1) is 5.82 Å². The number of nitrogens with one attached hydrogen (secondary N) is 1. The van der Waals surface area contributed by atoms with Crippen molar-refractivity contribution in [3.8, 4) is 11.5 Å². The predicted molar refractivity (Wildman–Crippen MR) is 103 cm³/mol. The van der Waals surface area contributed by atoms with Gasteiger partial charge < -0.3 is 14.8 Å². The highest BCUT2D eigenvalue weighted by Gasteiger charge is 2.26. The summed E-state index contributed by atoms with van der Waals surface area (Å²) < 4.78 is 25.4. The fraction of sp³-hybridized carbons (Fsp3) is 0.409. The summed E-state index contributed by atoms with van der Waals surface area (Å²) >= 11 is 0. The normalized spacial score (nSPS) is 16.5. The van der Waals surface area contributed by atoms with E-state index in [1.807, 2.05) is 12.1 Å². The number of ether oxygens (including phenoxy) is 2. The molecule has 2 aromatic rings. The third-order valence-corrected chi connectivity index (χ3v) is 5.67. The quantitative estimate of drug-likeness (QED) is 0.860. The largest absolute Gasteiger partial charge is 0.493 e. The molecular formula is C22H24FNO3. The Balaban J connectivity index is 1.72. The topological polar surface area (TPSA) is 47.6 Å². The fourth-order valence-corrected chi connectivity index (χ4v) is 4.19. The highest BCUT2D eigenvalue weighted by Crippen LogP contribution is 2.36. The van der Waals surface area contributed by atoms with Crippen LogP contribution in [0.15, 0.2) is 24.3 Å². The van der Waals surface area contributed by atoms with Gasteiger partial charge in [0, 0.05) is 17.2 Å². The van der Waals surface area contributed by atoms with Gasteiger partial charge in [0.2, 0.25) is 0 Å². The number of anilines is 1. The number of halogens is 1. The fourth-order valence-electron chi connectivity index (χ4n) is 4.19. The molecule has 27 heavy (non-hydrogen) atoms. The van der Waals surface area contributed by atoms with Gasteiger partial charge in [-0.25, -0.2) is 4.39 Å². The maximum atomic E-state index is 14.7. The number of benzene rings is 2. The second-order valence-electron chi connectivity index (χ2n) is 7.31. The Kier molecular flexibility index (Phi) is 4.77. The summed E-state index contributed by atoms with van der Waals surface area (Å²) in [4.78, 5) is 13.1. The molecule has 0 heterocycles. The number of aryl methyl sites for hydroxylation is 2. The van der Waals surface area contributed by atoms with E-state index in [-0.39, 0.29) is 11.6 Å². The molecule has 0 radical (unpaired) electrons. The minimum absolute atomic E-state index is 0.162. The van der Waals surface area contributed by atoms with Crippen LogP contribution in [0.25, 0.3) is 0 Å². The standard InChI is InChI=1S/C22H24FNO3/c1-26-20-10-14-8-7-13-9-19(24-15-5-3-4-6-15)18(23)11-16(13)22(25)17(14)12-21(20)27-2/h9-12,15,24H,3-8H2,1-2H3. The number of carbonyl (C=O) groups excluding carboxylic acids is 1. The molecule has 1 N–H and O–H groups in total. The molecule has 2 aliphatic carbocycles. The van der Waals surface area contributed by atoms with Crippen molar-refractivity contribution in [1.29, 1.82) is 0 Å². The average molecular weight is 369 g/mol. The number of hydrogen-bond donors (Lipinski definition) is 1. The van der Waals surface area contributed by atoms with Gasteiger partial charge in [-0.2, -0.15) is 0 Å². The maximum absolute atomic E-state index is 14.7. The zero-order valence-corrected chi connectivity index (χ0v) is 15.7. The zero-order valence-electron chi connectivity index (χ0n) is 15.7. The third kappa shape index (κ3) is 3.27. The first-order chi connectivity index (χ1) is 13.1. The molecule has 2 aliphatic rings. The molecule has 0 aromatic heterocycles. The molecule has 0 atom stereocenters. The molecule has 0 aliphatic heterocycles. The molecule has 0 saturated heterocycles. The van der Waals surface area contributed by atoms with Crippen LogP contribution >= 0.6 is 0 Å². The van der Waals surface area contributed by atoms with Gasteiger partial charge >= 0.3 is 0 Å². The van der Waals surface area contributed by atoms with Crippen LogP contribution in [0.5, 0.6) is 11.5 Å². The van der Waals surface area contributed by atoms with Gasteiger partial charge in [-0.15, -0.1) is 0 Å². The third-order valence-electron chi connectivity index (χ3n) is 5.67. The first-order valence-corrected chi connectivity index (χ1v) is 9.49. The van der Waals surface area contributed by atoms with E-state index < -0.39 is 0 Å². The Bertz CT molecular complexity index is 888. The first-order valence-electron chi connectivity index (χ1n) is 9.49. The van der Waals surface area contributed by atoms with Gasteiger partial charge in [-0.3, -0.25) is 4.79 Å². The van der Waals surface area contributed by atoms with Crippen LogP contribution in [0.2, 0.25) is 0 Å². The van der Waals surface area contributed by atoms with E-state index in [9.17, 15) is 9.18 Å². The van der Waals surface area contributed by atoms with Crippen LogP contribution in [0.4, 0.5) is 10.1 Å². The monoisotopic (exact) mass is 369 g/mol. The average Bonchev–Trinajstić information content (AvgIpc) is 3.15. The molecule has 0 spiro atoms. The molecule has 1 fully saturated rings. The van der Waals surface area contributed by atoms with Crippen molar-refractivity contribution in [3.63, 3.8) is 0 Å². The number of carbonyl (C=O) groups is 1. The molecule has 0 bridgehead atoms. The second kappa shape index (κ2) is 7.22. The molecule has 0 amide bonds. The van der Waals surface area contributed by atoms with Gasteiger partial charge in [0.25, 0.3) is 0 Å². The summed E-state index contributed by atoms with van der Waals surface area (Å²) in [5, 5.41) is 3.33. The lowest BCUT2D eigenvalue weighted by Crippen LogP contribution is -2.16. The Morgan fingerprint density at radius 3 is 2.19 bits per heavy atom. The van der Waals surface area contributed by atoms with Crippen LogP contribution in [0.3, 0.4) is 0 Å². The molecule has 0 unspecified atom stereocenters. The predicted octanol–water partition coefficient (Wildman–Crippen LogP) is 4.53. The summed E-state index contributed by atoms with van der Waals surface area (Å²) in [6.45, 7) is 0. The van der Waals surface area contributed by atoms with Crippen molar-refractivity contribution >= 4 is 11.5 Å². The number of methoxy groups -OCH3 is 2. The van der Waals surface area contributed by atoms with Crippen molar-refractivity contribution in [3.05, 3.63) is 52.3 Å². The van der Waals surface area contributed by atoms with E-state index in [0.29, 0.717) is 47.2 Å². The lowest BCUT2D eigenvalue weighted by atomic mass is 9.97. The number of hydrogen-bond acceptors (Lipinski definition) is 4. The Morgan fingerprint density at radius 1 is 0.926 bits per heavy atom. The van der Waals surface area contributed by atoms with Gasteiger partial charge in [0.15, 0.2) is 17.3 Å². The van der Waals surface area contributed by atoms with E-state index in [4.69, 9.17) is 9.47 Å². The SMILES string of the molecule is COc1cc2c(cc1OC)C(=O)c1cc(F)c(NC3CCCC3)cc1CC2. The van der Waals surface area contributed by atoms with E-state index in [1.165, 1.54) is 18.9 Å². The van der Waals surface area contributed by atoms with Crippen molar-refractivity contribution in [2.75, 3.05) is 19.5 Å². The van der Waals surface area contributed by atoms with Crippen LogP contribution < -0.4 is 14.8 Å². The minimum atomic E-state index is -0.363. The van der Waals surface area contributed by atoms with E-state index in [2.05, 4.69) is 5.32 Å². The molecule has 4 nitrogen and oxygen atoms in total. The van der Waals surface area contributed by atoms with Gasteiger partial charge in [0.1, 0.15) is 5.82 Å². The first kappa shape index (κ1) is 17.8. The molecule has 2 aromatic carbocycles. The van der Waals surface area contributed by atoms with Gasteiger partial charge in [0.05, 0.1) is 19.9 Å². The summed E-state index contributed by atoms with van der Waals surface area (Å²) in [6.07, 6.45) is 5.89. The molecule has 4 rings (SSSR count). The van der Waals surface area contributed by atoms with Gasteiger partial charge in [-0.05, 0) is 61.1 Å². The van der Waals surface area contributed by atoms with Crippen molar-refractivity contribution in [2.24, 2.45) is 0 Å². The zero-order chi connectivity index (χ0) is 19.0. The van der Waals surface area contributed by atoms with Crippen LogP contribution in [-0.4, -0.2) is 26.0 Å². The Labute approximate surface area is 158 Å². The summed E-state index contributed by atoms with van der Waals surface area (Å²) in [5.74, 6) is 0.584. The summed E-state index contributed by atoms with van der Waals surface area (Å²) in [5.41, 5.74) is 3.29. The van der Waals surface area contributed by atoms with Crippen molar-refractivity contribution in [2.45, 2.75) is 44.6 Å². The Morgan fingerprint density at radius 2 is 1.52 bits per heavy atom. The number of fused-ring (bicyclic) bond motifs is 2. The molecule has 142 valence electrons. The van der Waals surface area contributed by atoms with Crippen LogP contribution in [-0.2, 0) is 12.8 Å². The summed E-state index contributed by atoms with van der Waals surface area (Å²) in [6, 6.07) is 7.09. The van der Waals surface area contributed by atoms with Crippen molar-refractivity contribution < 1.29 is 18.7 Å². The lowest BCUT2D eigenvalue weighted by molar-refractivity contribution is 0.103. The van der Waals surface area contributed by atoms with E-state index in [0.717, 1.165) is 24.0 Å². The van der Waals surface area contributed by atoms with Crippen molar-refractivity contribution in [1.82, 2.24) is 0 Å².